The van der Waals surface area contributed by atoms with Gasteiger partial charge in [-0.05, 0) is 11.1 Å². The third-order valence-electron chi connectivity index (χ3n) is 5.16. The molecule has 3 amide bonds. The summed E-state index contributed by atoms with van der Waals surface area (Å²) in [5, 5.41) is 6.86. The van der Waals surface area contributed by atoms with Gasteiger partial charge in [0.2, 0.25) is 11.8 Å². The van der Waals surface area contributed by atoms with E-state index in [0.717, 1.165) is 19.6 Å². The van der Waals surface area contributed by atoms with Gasteiger partial charge < -0.3 is 34.9 Å². The number of hydrogen-bond donors (Lipinski definition) is 3. The lowest BCUT2D eigenvalue weighted by Crippen LogP contribution is -2.56. The van der Waals surface area contributed by atoms with Crippen LogP contribution in [0.4, 0.5) is 4.79 Å². The SMILES string of the molecule is COC(=O)C[C@@H](NC(=O)OCc1ccccc1)C(=O)N[C@@H](COC(C)=O)C(=O)NCC(=O)OCc1ccccc1. The fraction of sp³-hybridized carbons (Fsp3) is 0.333. The number of benzene rings is 2. The maximum Gasteiger partial charge on any atom is 0.408 e. The van der Waals surface area contributed by atoms with E-state index < -0.39 is 67.5 Å². The van der Waals surface area contributed by atoms with Gasteiger partial charge in [0, 0.05) is 6.92 Å². The molecule has 214 valence electrons. The molecule has 0 aliphatic rings. The molecule has 0 spiro atoms. The Hall–Kier alpha value is -4.94. The van der Waals surface area contributed by atoms with Gasteiger partial charge in [-0.2, -0.15) is 0 Å². The van der Waals surface area contributed by atoms with Crippen LogP contribution in [-0.4, -0.2) is 68.2 Å². The summed E-state index contributed by atoms with van der Waals surface area (Å²) in [5.74, 6) is -4.16. The molecule has 0 aliphatic heterocycles. The lowest BCUT2D eigenvalue weighted by Gasteiger charge is -2.22. The van der Waals surface area contributed by atoms with Crippen LogP contribution < -0.4 is 16.0 Å². The Bertz CT molecular complexity index is 1160. The smallest absolute Gasteiger partial charge is 0.408 e. The number of amides is 3. The molecule has 0 aliphatic carbocycles. The summed E-state index contributed by atoms with van der Waals surface area (Å²) in [5.41, 5.74) is 1.43. The fourth-order valence-corrected chi connectivity index (χ4v) is 3.09. The number of methoxy groups -OCH3 is 1. The van der Waals surface area contributed by atoms with E-state index in [0.29, 0.717) is 5.56 Å². The van der Waals surface area contributed by atoms with Crippen molar-refractivity contribution in [2.45, 2.75) is 38.6 Å². The van der Waals surface area contributed by atoms with Crippen molar-refractivity contribution in [1.82, 2.24) is 16.0 Å². The second kappa shape index (κ2) is 16.8. The molecule has 2 rings (SSSR count). The number of esters is 3. The van der Waals surface area contributed by atoms with Crippen molar-refractivity contribution >= 4 is 35.8 Å². The number of ether oxygens (including phenoxy) is 4. The van der Waals surface area contributed by atoms with Crippen molar-refractivity contribution in [3.05, 3.63) is 71.8 Å². The minimum absolute atomic E-state index is 0.00952. The van der Waals surface area contributed by atoms with Gasteiger partial charge in [0.25, 0.3) is 0 Å². The highest BCUT2D eigenvalue weighted by Crippen LogP contribution is 2.04. The zero-order valence-electron chi connectivity index (χ0n) is 22.0. The first kappa shape index (κ1) is 31.3. The fourth-order valence-electron chi connectivity index (χ4n) is 3.09. The second-order valence-electron chi connectivity index (χ2n) is 8.27. The second-order valence-corrected chi connectivity index (χ2v) is 8.27. The van der Waals surface area contributed by atoms with E-state index in [9.17, 15) is 28.8 Å². The summed E-state index contributed by atoms with van der Waals surface area (Å²) in [4.78, 5) is 73.2. The Balaban J connectivity index is 1.99. The van der Waals surface area contributed by atoms with Crippen molar-refractivity contribution in [2.24, 2.45) is 0 Å². The topological polar surface area (TPSA) is 175 Å². The molecule has 0 saturated heterocycles. The predicted molar refractivity (Wildman–Crippen MR) is 138 cm³/mol. The minimum Gasteiger partial charge on any atom is -0.469 e. The highest BCUT2D eigenvalue weighted by atomic mass is 16.6. The summed E-state index contributed by atoms with van der Waals surface area (Å²) in [7, 11) is 1.10. The molecular weight excluding hydrogens is 526 g/mol. The zero-order chi connectivity index (χ0) is 29.3. The lowest BCUT2D eigenvalue weighted by molar-refractivity contribution is -0.147. The minimum atomic E-state index is -1.50. The summed E-state index contributed by atoms with van der Waals surface area (Å²) < 4.78 is 19.6. The maximum atomic E-state index is 13.0. The standard InChI is InChI=1S/C27H31N3O10/c1-18(31)38-17-22(25(34)28-14-24(33)39-15-19-9-5-3-6-10-19)29-26(35)21(13-23(32)37-2)30-27(36)40-16-20-11-7-4-8-12-20/h3-12,21-22H,13-17H2,1-2H3,(H,28,34)(H,29,35)(H,30,36)/t21-,22+/m1/s1. The van der Waals surface area contributed by atoms with Crippen LogP contribution in [0, 0.1) is 0 Å². The molecule has 0 heterocycles. The largest absolute Gasteiger partial charge is 0.469 e. The lowest BCUT2D eigenvalue weighted by atomic mass is 10.1. The van der Waals surface area contributed by atoms with Crippen LogP contribution in [0.25, 0.3) is 0 Å². The first-order valence-electron chi connectivity index (χ1n) is 12.1. The van der Waals surface area contributed by atoms with Gasteiger partial charge in [-0.3, -0.25) is 24.0 Å². The number of rotatable bonds is 14. The summed E-state index contributed by atoms with van der Waals surface area (Å²) in [6.45, 7) is -0.132. The van der Waals surface area contributed by atoms with E-state index in [1.165, 1.54) is 0 Å². The van der Waals surface area contributed by atoms with Gasteiger partial charge in [-0.25, -0.2) is 4.79 Å². The van der Waals surface area contributed by atoms with Crippen molar-refractivity contribution in [3.63, 3.8) is 0 Å². The molecule has 0 unspecified atom stereocenters. The molecule has 0 aromatic heterocycles. The highest BCUT2D eigenvalue weighted by Gasteiger charge is 2.30. The molecule has 0 saturated carbocycles. The van der Waals surface area contributed by atoms with Gasteiger partial charge in [0.1, 0.15) is 38.4 Å². The number of carbonyl (C=O) groups is 6. The molecule has 0 radical (unpaired) electrons. The summed E-state index contributed by atoms with van der Waals surface area (Å²) >= 11 is 0. The molecule has 0 fully saturated rings. The van der Waals surface area contributed by atoms with Crippen molar-refractivity contribution < 1.29 is 47.7 Å². The van der Waals surface area contributed by atoms with Crippen molar-refractivity contribution in [3.8, 4) is 0 Å². The number of hydrogen-bond acceptors (Lipinski definition) is 10. The molecule has 3 N–H and O–H groups in total. The molecule has 13 heteroatoms. The van der Waals surface area contributed by atoms with Crippen LogP contribution in [0.3, 0.4) is 0 Å². The van der Waals surface area contributed by atoms with Gasteiger partial charge in [0.15, 0.2) is 0 Å². The zero-order valence-corrected chi connectivity index (χ0v) is 22.0. The van der Waals surface area contributed by atoms with Gasteiger partial charge >= 0.3 is 24.0 Å². The molecular formula is C27H31N3O10. The Kier molecular flexibility index (Phi) is 13.1. The van der Waals surface area contributed by atoms with Crippen LogP contribution >= 0.6 is 0 Å². The quantitative estimate of drug-likeness (QED) is 0.222. The molecule has 0 bridgehead atoms. The van der Waals surface area contributed by atoms with E-state index in [1.807, 2.05) is 6.07 Å². The first-order chi connectivity index (χ1) is 19.2. The Morgan fingerprint density at radius 1 is 0.700 bits per heavy atom. The van der Waals surface area contributed by atoms with Crippen LogP contribution in [0.15, 0.2) is 60.7 Å². The summed E-state index contributed by atoms with van der Waals surface area (Å²) in [6.07, 6.45) is -1.59. The Morgan fingerprint density at radius 3 is 1.82 bits per heavy atom. The van der Waals surface area contributed by atoms with Crippen LogP contribution in [-0.2, 0) is 56.1 Å². The van der Waals surface area contributed by atoms with E-state index in [2.05, 4.69) is 20.7 Å². The highest BCUT2D eigenvalue weighted by molar-refractivity contribution is 5.94. The Labute approximate surface area is 230 Å². The van der Waals surface area contributed by atoms with E-state index in [-0.39, 0.29) is 13.2 Å². The third-order valence-corrected chi connectivity index (χ3v) is 5.16. The number of nitrogens with one attached hydrogen (secondary N) is 3. The molecule has 40 heavy (non-hydrogen) atoms. The van der Waals surface area contributed by atoms with E-state index >= 15 is 0 Å². The predicted octanol–water partition coefficient (Wildman–Crippen LogP) is 0.752. The van der Waals surface area contributed by atoms with Gasteiger partial charge in [0.05, 0.1) is 13.5 Å². The third kappa shape index (κ3) is 12.1. The normalized spacial score (nSPS) is 11.7. The van der Waals surface area contributed by atoms with Crippen molar-refractivity contribution in [1.29, 1.82) is 0 Å². The van der Waals surface area contributed by atoms with Gasteiger partial charge in [-0.15, -0.1) is 0 Å². The van der Waals surface area contributed by atoms with Crippen molar-refractivity contribution in [2.75, 3.05) is 20.3 Å². The monoisotopic (exact) mass is 557 g/mol. The number of carbonyl (C=O) groups excluding carboxylic acids is 6. The molecule has 2 atom stereocenters. The Morgan fingerprint density at radius 2 is 1.27 bits per heavy atom. The maximum absolute atomic E-state index is 13.0. The molecule has 13 nitrogen and oxygen atoms in total. The average Bonchev–Trinajstić information content (AvgIpc) is 2.96. The first-order valence-corrected chi connectivity index (χ1v) is 12.1. The van der Waals surface area contributed by atoms with Gasteiger partial charge in [-0.1, -0.05) is 60.7 Å². The van der Waals surface area contributed by atoms with Crippen LogP contribution in [0.2, 0.25) is 0 Å². The average molecular weight is 558 g/mol. The molecule has 2 aromatic rings. The molecule has 2 aromatic carbocycles. The summed E-state index contributed by atoms with van der Waals surface area (Å²) in [6, 6.07) is 14.6. The van der Waals surface area contributed by atoms with E-state index in [1.54, 1.807) is 54.6 Å². The van der Waals surface area contributed by atoms with Crippen LogP contribution in [0.1, 0.15) is 24.5 Å². The van der Waals surface area contributed by atoms with E-state index in [4.69, 9.17) is 14.2 Å². The van der Waals surface area contributed by atoms with Crippen LogP contribution in [0.5, 0.6) is 0 Å². The number of alkyl carbamates (subject to hydrolysis) is 1.